The van der Waals surface area contributed by atoms with Gasteiger partial charge in [-0.05, 0) is 29.7 Å². The summed E-state index contributed by atoms with van der Waals surface area (Å²) < 4.78 is 9.42. The Bertz CT molecular complexity index is 1070. The third-order valence-electron chi connectivity index (χ3n) is 5.02. The number of aromatic nitrogens is 4. The number of ether oxygens (including phenoxy) is 1. The van der Waals surface area contributed by atoms with Crippen LogP contribution in [-0.4, -0.2) is 30.9 Å². The fraction of sp³-hybridized carbons (Fsp3) is 0.278. The molecule has 0 N–H and O–H groups in total. The zero-order valence-electron chi connectivity index (χ0n) is 13.5. The smallest absolute Gasteiger partial charge is 0.150 e. The van der Waals surface area contributed by atoms with Crippen molar-refractivity contribution in [3.05, 3.63) is 42.5 Å². The molecule has 3 aromatic rings. The van der Waals surface area contributed by atoms with Gasteiger partial charge in [-0.3, -0.25) is 8.65 Å². The van der Waals surface area contributed by atoms with Crippen LogP contribution in [0.5, 0.6) is 0 Å². The molecular formula is C18H15N5OS. The van der Waals surface area contributed by atoms with Crippen molar-refractivity contribution in [3.8, 4) is 17.2 Å². The van der Waals surface area contributed by atoms with E-state index in [9.17, 15) is 0 Å². The summed E-state index contributed by atoms with van der Waals surface area (Å²) in [7, 11) is 1.90. The molecule has 1 fully saturated rings. The minimum Gasteiger partial charge on any atom is -0.365 e. The van der Waals surface area contributed by atoms with Crippen molar-refractivity contribution in [3.63, 3.8) is 0 Å². The molecule has 1 unspecified atom stereocenters. The van der Waals surface area contributed by atoms with Crippen LogP contribution in [0.3, 0.4) is 0 Å². The number of nitriles is 1. The lowest BCUT2D eigenvalue weighted by Gasteiger charge is -2.13. The van der Waals surface area contributed by atoms with Gasteiger partial charge in [0.05, 0.1) is 30.4 Å². The van der Waals surface area contributed by atoms with Crippen LogP contribution in [0.15, 0.2) is 36.9 Å². The molecule has 1 saturated heterocycles. The maximum absolute atomic E-state index is 9.16. The summed E-state index contributed by atoms with van der Waals surface area (Å²) in [4.78, 5) is 4.60. The highest BCUT2D eigenvalue weighted by Gasteiger charge is 2.42. The van der Waals surface area contributed by atoms with Gasteiger partial charge in [0.1, 0.15) is 5.65 Å². The maximum Gasteiger partial charge on any atom is 0.150 e. The number of nitrogens with zero attached hydrogens (tertiary/aromatic N) is 5. The lowest BCUT2D eigenvalue weighted by Crippen LogP contribution is -2.12. The Morgan fingerprint density at radius 3 is 2.88 bits per heavy atom. The zero-order valence-corrected chi connectivity index (χ0v) is 14.4. The summed E-state index contributed by atoms with van der Waals surface area (Å²) in [5.74, 6) is -0.0325. The molecule has 25 heavy (non-hydrogen) atoms. The Labute approximate surface area is 149 Å². The average Bonchev–Trinajstić information content (AvgIpc) is 3.37. The normalized spacial score (nSPS) is 24.7. The molecule has 3 atom stereocenters. The molecular weight excluding hydrogens is 334 g/mol. The number of thiol groups is 1. The molecule has 0 amide bonds. The fourth-order valence-electron chi connectivity index (χ4n) is 3.79. The summed E-state index contributed by atoms with van der Waals surface area (Å²) in [5.41, 5.74) is 5.07. The first-order chi connectivity index (χ1) is 12.1. The monoisotopic (exact) mass is 349 g/mol. The number of hydrogen-bond donors (Lipinski definition) is 1. The summed E-state index contributed by atoms with van der Waals surface area (Å²) in [5, 5.41) is 14.4. The quantitative estimate of drug-likeness (QED) is 0.723. The highest BCUT2D eigenvalue weighted by molar-refractivity contribution is 7.78. The Kier molecular flexibility index (Phi) is 3.08. The highest BCUT2D eigenvalue weighted by atomic mass is 32.1. The summed E-state index contributed by atoms with van der Waals surface area (Å²) >= 11 is 4.49. The minimum absolute atomic E-state index is 0.00571. The van der Waals surface area contributed by atoms with E-state index in [0.717, 1.165) is 39.7 Å². The highest BCUT2D eigenvalue weighted by Crippen LogP contribution is 2.43. The first-order valence-corrected chi connectivity index (χ1v) is 8.50. The number of aryl methyl sites for hydroxylation is 1. The first-order valence-electron chi connectivity index (χ1n) is 8.10. The third kappa shape index (κ3) is 2.15. The summed E-state index contributed by atoms with van der Waals surface area (Å²) in [6.45, 7) is 0. The SMILES string of the molecule is Cn1cc(-c2cn(S)c3ncc(C4=C[C@H]5O[C@@H]4CC5C#N)cc23)cn1. The number of pyridine rings is 1. The standard InChI is InChI=1S/C18H15N5OS/c1-22-8-12(7-21-22)15-9-23(25)18-14(15)2-11(6-20-18)13-4-16-10(5-19)3-17(13)24-16/h2,4,6-10,16-17,25H,3H2,1H3/t10?,16-,17-/m1/s1. The predicted octanol–water partition coefficient (Wildman–Crippen LogP) is 2.82. The van der Waals surface area contributed by atoms with Gasteiger partial charge in [0, 0.05) is 42.2 Å². The van der Waals surface area contributed by atoms with Crippen molar-refractivity contribution in [2.45, 2.75) is 18.6 Å². The van der Waals surface area contributed by atoms with Crippen molar-refractivity contribution < 1.29 is 4.74 Å². The van der Waals surface area contributed by atoms with E-state index in [1.165, 1.54) is 0 Å². The Morgan fingerprint density at radius 2 is 2.20 bits per heavy atom. The topological polar surface area (TPSA) is 68.7 Å². The van der Waals surface area contributed by atoms with Crippen molar-refractivity contribution in [1.82, 2.24) is 18.7 Å². The molecule has 0 spiro atoms. The number of fused-ring (bicyclic) bond motifs is 3. The maximum atomic E-state index is 9.16. The van der Waals surface area contributed by atoms with E-state index in [4.69, 9.17) is 10.00 Å². The van der Waals surface area contributed by atoms with Gasteiger partial charge in [0.2, 0.25) is 0 Å². The third-order valence-corrected chi connectivity index (χ3v) is 5.32. The van der Waals surface area contributed by atoms with Gasteiger partial charge in [-0.15, -0.1) is 0 Å². The Hall–Kier alpha value is -2.56. The first kappa shape index (κ1) is 14.8. The van der Waals surface area contributed by atoms with Crippen molar-refractivity contribution in [1.29, 1.82) is 5.26 Å². The molecule has 2 aliphatic rings. The minimum atomic E-state index is -0.0898. The zero-order chi connectivity index (χ0) is 17.1. The van der Waals surface area contributed by atoms with Gasteiger partial charge >= 0.3 is 0 Å². The van der Waals surface area contributed by atoms with E-state index in [1.807, 2.05) is 31.8 Å². The van der Waals surface area contributed by atoms with Gasteiger partial charge in [-0.2, -0.15) is 10.4 Å². The molecule has 7 heteroatoms. The molecule has 5 rings (SSSR count). The molecule has 5 heterocycles. The second kappa shape index (κ2) is 5.22. The van der Waals surface area contributed by atoms with Crippen molar-refractivity contribution in [2.75, 3.05) is 0 Å². The molecule has 2 bridgehead atoms. The average molecular weight is 349 g/mol. The van der Waals surface area contributed by atoms with Crippen LogP contribution in [0.2, 0.25) is 0 Å². The van der Waals surface area contributed by atoms with Gasteiger partial charge < -0.3 is 4.74 Å². The van der Waals surface area contributed by atoms with E-state index in [-0.39, 0.29) is 18.1 Å². The lowest BCUT2D eigenvalue weighted by atomic mass is 9.87. The lowest BCUT2D eigenvalue weighted by molar-refractivity contribution is 0.117. The molecule has 0 aliphatic carbocycles. The van der Waals surface area contributed by atoms with E-state index >= 15 is 0 Å². The molecule has 6 nitrogen and oxygen atoms in total. The second-order valence-corrected chi connectivity index (χ2v) is 7.00. The van der Waals surface area contributed by atoms with E-state index in [1.54, 1.807) is 8.65 Å². The van der Waals surface area contributed by atoms with Crippen LogP contribution in [0.25, 0.3) is 27.7 Å². The molecule has 124 valence electrons. The van der Waals surface area contributed by atoms with E-state index in [0.29, 0.717) is 0 Å². The van der Waals surface area contributed by atoms with Crippen molar-refractivity contribution in [2.24, 2.45) is 13.0 Å². The number of hydrogen-bond acceptors (Lipinski definition) is 5. The van der Waals surface area contributed by atoms with Crippen LogP contribution < -0.4 is 0 Å². The Morgan fingerprint density at radius 1 is 1.32 bits per heavy atom. The van der Waals surface area contributed by atoms with Crippen LogP contribution in [0, 0.1) is 17.2 Å². The largest absolute Gasteiger partial charge is 0.365 e. The number of rotatable bonds is 2. The van der Waals surface area contributed by atoms with Crippen LogP contribution in [-0.2, 0) is 11.8 Å². The summed E-state index contributed by atoms with van der Waals surface area (Å²) in [6.07, 6.45) is 10.4. The molecule has 0 aromatic carbocycles. The molecule has 0 saturated carbocycles. The molecule has 3 aromatic heterocycles. The van der Waals surface area contributed by atoms with Gasteiger partial charge in [0.25, 0.3) is 0 Å². The van der Waals surface area contributed by atoms with Crippen LogP contribution in [0.1, 0.15) is 12.0 Å². The van der Waals surface area contributed by atoms with E-state index in [2.05, 4.69) is 41.1 Å². The van der Waals surface area contributed by atoms with Crippen LogP contribution >= 0.6 is 12.8 Å². The Balaban J connectivity index is 1.63. The van der Waals surface area contributed by atoms with Crippen molar-refractivity contribution >= 4 is 29.4 Å². The van der Waals surface area contributed by atoms with E-state index < -0.39 is 0 Å². The van der Waals surface area contributed by atoms with Gasteiger partial charge in [-0.1, -0.05) is 12.8 Å². The summed E-state index contributed by atoms with van der Waals surface area (Å²) in [6, 6.07) is 4.46. The molecule has 0 radical (unpaired) electrons. The molecule has 2 aliphatic heterocycles. The van der Waals surface area contributed by atoms with Gasteiger partial charge in [0.15, 0.2) is 0 Å². The fourth-order valence-corrected chi connectivity index (χ4v) is 4.07. The predicted molar refractivity (Wildman–Crippen MR) is 96.7 cm³/mol. The van der Waals surface area contributed by atoms with Crippen LogP contribution in [0.4, 0.5) is 0 Å². The second-order valence-electron chi connectivity index (χ2n) is 6.57. The van der Waals surface area contributed by atoms with Gasteiger partial charge in [-0.25, -0.2) is 4.98 Å².